The molecule has 2 fully saturated rings. The Morgan fingerprint density at radius 1 is 1.29 bits per heavy atom. The molecule has 1 aliphatic carbocycles. The van der Waals surface area contributed by atoms with Crippen molar-refractivity contribution in [1.29, 1.82) is 0 Å². The van der Waals surface area contributed by atoms with Crippen LogP contribution in [-0.4, -0.2) is 34.6 Å². The van der Waals surface area contributed by atoms with Gasteiger partial charge in [0.15, 0.2) is 0 Å². The van der Waals surface area contributed by atoms with Gasteiger partial charge in [-0.05, 0) is 19.3 Å². The molecule has 80 valence electrons. The second-order valence-electron chi connectivity index (χ2n) is 4.58. The summed E-state index contributed by atoms with van der Waals surface area (Å²) >= 11 is 0. The summed E-state index contributed by atoms with van der Waals surface area (Å²) in [6.45, 7) is 2.39. The Bertz CT molecular complexity index is 229. The molecule has 0 aromatic heterocycles. The second kappa shape index (κ2) is 3.89. The van der Waals surface area contributed by atoms with Gasteiger partial charge in [-0.2, -0.15) is 0 Å². The van der Waals surface area contributed by atoms with Crippen LogP contribution in [0.5, 0.6) is 0 Å². The van der Waals surface area contributed by atoms with Crippen LogP contribution >= 0.6 is 0 Å². The molecule has 14 heavy (non-hydrogen) atoms. The molecule has 1 aliphatic heterocycles. The van der Waals surface area contributed by atoms with Gasteiger partial charge in [-0.3, -0.25) is 4.79 Å². The lowest BCUT2D eigenvalue weighted by molar-refractivity contribution is -0.139. The van der Waals surface area contributed by atoms with Gasteiger partial charge in [0.25, 0.3) is 0 Å². The lowest BCUT2D eigenvalue weighted by Gasteiger charge is -2.46. The summed E-state index contributed by atoms with van der Waals surface area (Å²) in [6.07, 6.45) is 5.19. The van der Waals surface area contributed by atoms with Crippen LogP contribution in [0.25, 0.3) is 0 Å². The number of fused-ring (bicyclic) bond motifs is 1. The summed E-state index contributed by atoms with van der Waals surface area (Å²) in [4.78, 5) is 13.4. The quantitative estimate of drug-likeness (QED) is 0.633. The molecule has 0 spiro atoms. The van der Waals surface area contributed by atoms with E-state index in [-0.39, 0.29) is 12.0 Å². The third-order valence-electron chi connectivity index (χ3n) is 3.75. The summed E-state index contributed by atoms with van der Waals surface area (Å²) in [7, 11) is 0. The molecule has 2 rings (SSSR count). The Morgan fingerprint density at radius 2 is 2.00 bits per heavy atom. The first-order valence-corrected chi connectivity index (χ1v) is 5.65. The van der Waals surface area contributed by atoms with Crippen molar-refractivity contribution in [1.82, 2.24) is 4.90 Å². The summed E-state index contributed by atoms with van der Waals surface area (Å²) < 4.78 is 0. The molecule has 0 aromatic carbocycles. The van der Waals surface area contributed by atoms with Crippen molar-refractivity contribution in [2.45, 2.75) is 51.2 Å². The smallest absolute Gasteiger partial charge is 0.219 e. The van der Waals surface area contributed by atoms with Crippen LogP contribution in [0, 0.1) is 5.92 Å². The van der Waals surface area contributed by atoms with E-state index >= 15 is 0 Å². The standard InChI is InChI=1S/C11H19NO2/c1-8(13)12-7-6-11(14)9-4-2-3-5-10(9)12/h9-11,14H,2-7H2,1H3/t9-,10-,11+/m0/s1. The van der Waals surface area contributed by atoms with E-state index in [0.717, 1.165) is 25.8 Å². The largest absolute Gasteiger partial charge is 0.393 e. The number of hydrogen-bond acceptors (Lipinski definition) is 2. The first-order valence-electron chi connectivity index (χ1n) is 5.65. The molecule has 1 saturated carbocycles. The molecule has 0 unspecified atom stereocenters. The summed E-state index contributed by atoms with van der Waals surface area (Å²) in [6, 6.07) is 0.324. The zero-order valence-electron chi connectivity index (χ0n) is 8.78. The van der Waals surface area contributed by atoms with Crippen LogP contribution in [0.3, 0.4) is 0 Å². The zero-order chi connectivity index (χ0) is 10.1. The monoisotopic (exact) mass is 197 g/mol. The van der Waals surface area contributed by atoms with Gasteiger partial charge < -0.3 is 10.0 Å². The number of carbonyl (C=O) groups excluding carboxylic acids is 1. The maximum Gasteiger partial charge on any atom is 0.219 e. The van der Waals surface area contributed by atoms with Gasteiger partial charge in [-0.15, -0.1) is 0 Å². The Labute approximate surface area is 85.1 Å². The van der Waals surface area contributed by atoms with Crippen molar-refractivity contribution < 1.29 is 9.90 Å². The molecule has 3 nitrogen and oxygen atoms in total. The highest BCUT2D eigenvalue weighted by Gasteiger charge is 2.39. The van der Waals surface area contributed by atoms with Gasteiger partial charge in [0.2, 0.25) is 5.91 Å². The number of carbonyl (C=O) groups is 1. The van der Waals surface area contributed by atoms with Crippen molar-refractivity contribution in [2.24, 2.45) is 5.92 Å². The minimum atomic E-state index is -0.170. The third-order valence-corrected chi connectivity index (χ3v) is 3.75. The molecular weight excluding hydrogens is 178 g/mol. The minimum Gasteiger partial charge on any atom is -0.393 e. The molecule has 2 aliphatic rings. The topological polar surface area (TPSA) is 40.5 Å². The highest BCUT2D eigenvalue weighted by molar-refractivity contribution is 5.73. The number of rotatable bonds is 0. The minimum absolute atomic E-state index is 0.170. The van der Waals surface area contributed by atoms with Gasteiger partial charge in [-0.25, -0.2) is 0 Å². The number of likely N-dealkylation sites (tertiary alicyclic amines) is 1. The number of aliphatic hydroxyl groups excluding tert-OH is 1. The average molecular weight is 197 g/mol. The van der Waals surface area contributed by atoms with Gasteiger partial charge in [0.05, 0.1) is 6.10 Å². The van der Waals surface area contributed by atoms with Gasteiger partial charge in [0.1, 0.15) is 0 Å². The highest BCUT2D eigenvalue weighted by atomic mass is 16.3. The molecule has 3 atom stereocenters. The van der Waals surface area contributed by atoms with Gasteiger partial charge in [0, 0.05) is 25.4 Å². The van der Waals surface area contributed by atoms with Crippen molar-refractivity contribution in [3.63, 3.8) is 0 Å². The van der Waals surface area contributed by atoms with Crippen molar-refractivity contribution >= 4 is 5.91 Å². The number of hydrogen-bond donors (Lipinski definition) is 1. The zero-order valence-corrected chi connectivity index (χ0v) is 8.78. The maximum absolute atomic E-state index is 11.4. The van der Waals surface area contributed by atoms with Gasteiger partial charge in [-0.1, -0.05) is 12.8 Å². The van der Waals surface area contributed by atoms with Crippen molar-refractivity contribution in [3.05, 3.63) is 0 Å². The number of amides is 1. The second-order valence-corrected chi connectivity index (χ2v) is 4.58. The number of aliphatic hydroxyl groups is 1. The van der Waals surface area contributed by atoms with Crippen LogP contribution in [0.15, 0.2) is 0 Å². The molecule has 0 radical (unpaired) electrons. The van der Waals surface area contributed by atoms with E-state index in [0.29, 0.717) is 12.0 Å². The fourth-order valence-electron chi connectivity index (χ4n) is 3.02. The lowest BCUT2D eigenvalue weighted by atomic mass is 9.76. The van der Waals surface area contributed by atoms with Crippen LogP contribution in [0.2, 0.25) is 0 Å². The normalized spacial score (nSPS) is 37.9. The first-order chi connectivity index (χ1) is 6.70. The lowest BCUT2D eigenvalue weighted by Crippen LogP contribution is -2.54. The van der Waals surface area contributed by atoms with Crippen LogP contribution in [0.4, 0.5) is 0 Å². The van der Waals surface area contributed by atoms with E-state index < -0.39 is 0 Å². The predicted molar refractivity (Wildman–Crippen MR) is 53.8 cm³/mol. The third kappa shape index (κ3) is 1.65. The average Bonchev–Trinajstić information content (AvgIpc) is 2.18. The number of piperidine rings is 1. The Kier molecular flexibility index (Phi) is 2.77. The van der Waals surface area contributed by atoms with Crippen LogP contribution in [0.1, 0.15) is 39.0 Å². The molecular formula is C11H19NO2. The molecule has 1 saturated heterocycles. The Balaban J connectivity index is 2.12. The molecule has 3 heteroatoms. The summed E-state index contributed by atoms with van der Waals surface area (Å²) in [5.41, 5.74) is 0. The Hall–Kier alpha value is -0.570. The number of nitrogens with zero attached hydrogens (tertiary/aromatic N) is 1. The maximum atomic E-state index is 11.4. The van der Waals surface area contributed by atoms with Crippen molar-refractivity contribution in [3.8, 4) is 0 Å². The van der Waals surface area contributed by atoms with E-state index in [1.54, 1.807) is 6.92 Å². The molecule has 1 amide bonds. The van der Waals surface area contributed by atoms with Crippen LogP contribution in [-0.2, 0) is 4.79 Å². The van der Waals surface area contributed by atoms with E-state index in [2.05, 4.69) is 0 Å². The summed E-state index contributed by atoms with van der Waals surface area (Å²) in [5, 5.41) is 9.87. The van der Waals surface area contributed by atoms with E-state index in [4.69, 9.17) is 0 Å². The molecule has 0 aromatic rings. The predicted octanol–water partition coefficient (Wildman–Crippen LogP) is 1.16. The first kappa shape index (κ1) is 9.97. The van der Waals surface area contributed by atoms with E-state index in [1.165, 1.54) is 12.8 Å². The highest BCUT2D eigenvalue weighted by Crippen LogP contribution is 2.35. The fourth-order valence-corrected chi connectivity index (χ4v) is 3.02. The van der Waals surface area contributed by atoms with E-state index in [1.807, 2.05) is 4.90 Å². The Morgan fingerprint density at radius 3 is 2.71 bits per heavy atom. The van der Waals surface area contributed by atoms with Crippen molar-refractivity contribution in [2.75, 3.05) is 6.54 Å². The molecule has 1 N–H and O–H groups in total. The molecule has 0 bridgehead atoms. The van der Waals surface area contributed by atoms with Crippen LogP contribution < -0.4 is 0 Å². The summed E-state index contributed by atoms with van der Waals surface area (Å²) in [5.74, 6) is 0.523. The molecule has 1 heterocycles. The van der Waals surface area contributed by atoms with Gasteiger partial charge >= 0.3 is 0 Å². The SMILES string of the molecule is CC(=O)N1CC[C@@H](O)[C@H]2CCCC[C@@H]21. The van der Waals surface area contributed by atoms with E-state index in [9.17, 15) is 9.90 Å². The fraction of sp³-hybridized carbons (Fsp3) is 0.909.